The molecular formula is C14H18N8. The highest BCUT2D eigenvalue weighted by Crippen LogP contribution is 2.24. The second-order valence-corrected chi connectivity index (χ2v) is 5.80. The van der Waals surface area contributed by atoms with Crippen LogP contribution in [0.5, 0.6) is 0 Å². The molecule has 3 aromatic rings. The monoisotopic (exact) mass is 298 g/mol. The molecule has 4 heterocycles. The normalized spacial score (nSPS) is 19.0. The molecule has 0 amide bonds. The van der Waals surface area contributed by atoms with E-state index in [1.54, 1.807) is 19.0 Å². The van der Waals surface area contributed by atoms with Crippen LogP contribution in [0.2, 0.25) is 0 Å². The summed E-state index contributed by atoms with van der Waals surface area (Å²) in [5.74, 6) is 2.29. The molecule has 8 nitrogen and oxygen atoms in total. The van der Waals surface area contributed by atoms with Crippen LogP contribution in [0.15, 0.2) is 25.0 Å². The number of aryl methyl sites for hydroxylation is 1. The van der Waals surface area contributed by atoms with E-state index >= 15 is 0 Å². The Labute approximate surface area is 127 Å². The van der Waals surface area contributed by atoms with Gasteiger partial charge >= 0.3 is 0 Å². The average Bonchev–Trinajstić information content (AvgIpc) is 3.18. The lowest BCUT2D eigenvalue weighted by atomic mass is 9.98. The molecule has 1 aliphatic heterocycles. The number of rotatable bonds is 3. The van der Waals surface area contributed by atoms with Crippen LogP contribution in [0.1, 0.15) is 18.5 Å². The summed E-state index contributed by atoms with van der Waals surface area (Å²) in [4.78, 5) is 15.0. The summed E-state index contributed by atoms with van der Waals surface area (Å²) in [5.41, 5.74) is 0.967. The van der Waals surface area contributed by atoms with E-state index in [1.807, 2.05) is 16.1 Å². The van der Waals surface area contributed by atoms with Gasteiger partial charge in [-0.05, 0) is 25.7 Å². The third-order valence-electron chi connectivity index (χ3n) is 4.12. The fourth-order valence-electron chi connectivity index (χ4n) is 3.15. The second kappa shape index (κ2) is 5.36. The largest absolute Gasteiger partial charge is 0.356 e. The van der Waals surface area contributed by atoms with Gasteiger partial charge in [-0.15, -0.1) is 0 Å². The van der Waals surface area contributed by atoms with Gasteiger partial charge < -0.3 is 4.90 Å². The van der Waals surface area contributed by atoms with E-state index in [0.717, 1.165) is 37.6 Å². The van der Waals surface area contributed by atoms with Gasteiger partial charge in [0.2, 0.25) is 0 Å². The first kappa shape index (κ1) is 13.2. The fraction of sp³-hybridized carbons (Fsp3) is 0.500. The summed E-state index contributed by atoms with van der Waals surface area (Å²) in [7, 11) is 0. The molecule has 1 atom stereocenters. The molecular weight excluding hydrogens is 280 g/mol. The number of aromatic nitrogens is 7. The molecule has 3 aromatic heterocycles. The lowest BCUT2D eigenvalue weighted by Crippen LogP contribution is -2.38. The third kappa shape index (κ3) is 2.40. The van der Waals surface area contributed by atoms with Crippen molar-refractivity contribution in [2.45, 2.75) is 26.3 Å². The van der Waals surface area contributed by atoms with Gasteiger partial charge in [0.1, 0.15) is 24.8 Å². The van der Waals surface area contributed by atoms with Crippen LogP contribution in [0.3, 0.4) is 0 Å². The van der Waals surface area contributed by atoms with Gasteiger partial charge in [-0.2, -0.15) is 19.7 Å². The minimum absolute atomic E-state index is 0.558. The predicted octanol–water partition coefficient (Wildman–Crippen LogP) is 0.941. The standard InChI is InChI=1S/C14H18N8/c1-11-5-13(22-14(19-11)16-9-18-22)20-4-2-3-12(6-20)7-21-10-15-8-17-21/h5,8-10,12H,2-4,6-7H2,1H3/t12-/m1/s1. The molecule has 0 unspecified atom stereocenters. The molecule has 0 spiro atoms. The van der Waals surface area contributed by atoms with Gasteiger partial charge in [-0.25, -0.2) is 9.97 Å². The van der Waals surface area contributed by atoms with E-state index in [-0.39, 0.29) is 0 Å². The minimum Gasteiger partial charge on any atom is -0.356 e. The number of nitrogens with zero attached hydrogens (tertiary/aromatic N) is 8. The van der Waals surface area contributed by atoms with Gasteiger partial charge in [0.05, 0.1) is 0 Å². The zero-order valence-corrected chi connectivity index (χ0v) is 12.5. The van der Waals surface area contributed by atoms with Crippen molar-refractivity contribution in [1.29, 1.82) is 0 Å². The zero-order valence-electron chi connectivity index (χ0n) is 12.5. The Balaban J connectivity index is 1.59. The lowest BCUT2D eigenvalue weighted by Gasteiger charge is -2.34. The number of anilines is 1. The van der Waals surface area contributed by atoms with Crippen LogP contribution in [0, 0.1) is 12.8 Å². The highest BCUT2D eigenvalue weighted by molar-refractivity contribution is 5.47. The Morgan fingerprint density at radius 1 is 1.27 bits per heavy atom. The second-order valence-electron chi connectivity index (χ2n) is 5.80. The van der Waals surface area contributed by atoms with E-state index in [0.29, 0.717) is 11.7 Å². The summed E-state index contributed by atoms with van der Waals surface area (Å²) < 4.78 is 3.74. The molecule has 0 aromatic carbocycles. The molecule has 0 radical (unpaired) electrons. The molecule has 8 heteroatoms. The highest BCUT2D eigenvalue weighted by atomic mass is 15.4. The Bertz CT molecular complexity index is 762. The topological polar surface area (TPSA) is 77.0 Å². The summed E-state index contributed by atoms with van der Waals surface area (Å²) >= 11 is 0. The van der Waals surface area contributed by atoms with Crippen molar-refractivity contribution in [2.75, 3.05) is 18.0 Å². The number of fused-ring (bicyclic) bond motifs is 1. The Kier molecular flexibility index (Phi) is 3.21. The molecule has 1 fully saturated rings. The first-order valence-electron chi connectivity index (χ1n) is 7.54. The van der Waals surface area contributed by atoms with Gasteiger partial charge in [0.25, 0.3) is 5.78 Å². The van der Waals surface area contributed by atoms with Crippen molar-refractivity contribution in [3.63, 3.8) is 0 Å². The van der Waals surface area contributed by atoms with Crippen LogP contribution < -0.4 is 4.90 Å². The Morgan fingerprint density at radius 3 is 3.09 bits per heavy atom. The molecule has 0 aliphatic carbocycles. The van der Waals surface area contributed by atoms with Crippen molar-refractivity contribution < 1.29 is 0 Å². The third-order valence-corrected chi connectivity index (χ3v) is 4.12. The Morgan fingerprint density at radius 2 is 2.23 bits per heavy atom. The SMILES string of the molecule is Cc1cc(N2CCC[C@@H](Cn3cncn3)C2)n2ncnc2n1. The molecule has 1 aliphatic rings. The molecule has 4 rings (SSSR count). The van der Waals surface area contributed by atoms with Crippen LogP contribution in [-0.4, -0.2) is 47.4 Å². The predicted molar refractivity (Wildman–Crippen MR) is 80.5 cm³/mol. The van der Waals surface area contributed by atoms with Crippen molar-refractivity contribution in [2.24, 2.45) is 5.92 Å². The summed E-state index contributed by atoms with van der Waals surface area (Å²) in [6, 6.07) is 2.08. The molecule has 0 bridgehead atoms. The van der Waals surface area contributed by atoms with Crippen molar-refractivity contribution in [1.82, 2.24) is 34.3 Å². The van der Waals surface area contributed by atoms with E-state index in [2.05, 4.69) is 36.1 Å². The maximum Gasteiger partial charge on any atom is 0.254 e. The van der Waals surface area contributed by atoms with Gasteiger partial charge in [0.15, 0.2) is 0 Å². The first-order valence-corrected chi connectivity index (χ1v) is 7.54. The van der Waals surface area contributed by atoms with Crippen molar-refractivity contribution in [3.05, 3.63) is 30.7 Å². The molecule has 114 valence electrons. The zero-order chi connectivity index (χ0) is 14.9. The first-order chi connectivity index (χ1) is 10.8. The van der Waals surface area contributed by atoms with Gasteiger partial charge in [-0.3, -0.25) is 4.68 Å². The van der Waals surface area contributed by atoms with Crippen LogP contribution in [0.4, 0.5) is 5.82 Å². The van der Waals surface area contributed by atoms with Crippen LogP contribution >= 0.6 is 0 Å². The fourth-order valence-corrected chi connectivity index (χ4v) is 3.15. The van der Waals surface area contributed by atoms with E-state index in [4.69, 9.17) is 0 Å². The summed E-state index contributed by atoms with van der Waals surface area (Å²) in [5, 5.41) is 8.52. The number of piperidine rings is 1. The lowest BCUT2D eigenvalue weighted by molar-refractivity contribution is 0.349. The molecule has 0 saturated carbocycles. The van der Waals surface area contributed by atoms with Gasteiger partial charge in [0, 0.05) is 31.4 Å². The average molecular weight is 298 g/mol. The maximum absolute atomic E-state index is 4.41. The van der Waals surface area contributed by atoms with Crippen molar-refractivity contribution >= 4 is 11.6 Å². The molecule has 1 saturated heterocycles. The molecule has 0 N–H and O–H groups in total. The smallest absolute Gasteiger partial charge is 0.254 e. The summed E-state index contributed by atoms with van der Waals surface area (Å²) in [6.45, 7) is 4.92. The number of hydrogen-bond acceptors (Lipinski definition) is 6. The van der Waals surface area contributed by atoms with Crippen LogP contribution in [0.25, 0.3) is 5.78 Å². The van der Waals surface area contributed by atoms with E-state index in [1.165, 1.54) is 6.42 Å². The van der Waals surface area contributed by atoms with Gasteiger partial charge in [-0.1, -0.05) is 0 Å². The highest BCUT2D eigenvalue weighted by Gasteiger charge is 2.23. The Hall–Kier alpha value is -2.51. The van der Waals surface area contributed by atoms with Crippen LogP contribution in [-0.2, 0) is 6.54 Å². The van der Waals surface area contributed by atoms with E-state index < -0.39 is 0 Å². The quantitative estimate of drug-likeness (QED) is 0.716. The minimum atomic E-state index is 0.558. The summed E-state index contributed by atoms with van der Waals surface area (Å²) in [6.07, 6.45) is 7.30. The maximum atomic E-state index is 4.41. The van der Waals surface area contributed by atoms with E-state index in [9.17, 15) is 0 Å². The number of hydrogen-bond donors (Lipinski definition) is 0. The molecule has 22 heavy (non-hydrogen) atoms. The van der Waals surface area contributed by atoms with Crippen molar-refractivity contribution in [3.8, 4) is 0 Å².